The highest BCUT2D eigenvalue weighted by Gasteiger charge is 2.20. The summed E-state index contributed by atoms with van der Waals surface area (Å²) in [7, 11) is 0. The maximum absolute atomic E-state index is 7.51. The highest BCUT2D eigenvalue weighted by Crippen LogP contribution is 2.44. The van der Waals surface area contributed by atoms with E-state index < -0.39 is 0 Å². The van der Waals surface area contributed by atoms with E-state index in [0.29, 0.717) is 5.69 Å². The highest BCUT2D eigenvalue weighted by atomic mass is 16.7. The second kappa shape index (κ2) is 9.01. The van der Waals surface area contributed by atoms with E-state index in [1.54, 1.807) is 0 Å². The quantitative estimate of drug-likeness (QED) is 0.200. The van der Waals surface area contributed by atoms with Crippen molar-refractivity contribution >= 4 is 49.4 Å². The van der Waals surface area contributed by atoms with Gasteiger partial charge in [-0.05, 0) is 83.2 Å². The van der Waals surface area contributed by atoms with Gasteiger partial charge >= 0.3 is 0 Å². The van der Waals surface area contributed by atoms with Crippen molar-refractivity contribution in [1.29, 1.82) is 0 Å². The van der Waals surface area contributed by atoms with Crippen molar-refractivity contribution in [3.63, 3.8) is 0 Å². The van der Waals surface area contributed by atoms with Crippen molar-refractivity contribution in [2.24, 2.45) is 0 Å². The fourth-order valence-electron chi connectivity index (χ4n) is 6.41. The monoisotopic (exact) mass is 554 g/mol. The van der Waals surface area contributed by atoms with Gasteiger partial charge in [0.2, 0.25) is 6.79 Å². The summed E-state index contributed by atoms with van der Waals surface area (Å²) >= 11 is 0. The van der Waals surface area contributed by atoms with Gasteiger partial charge in [-0.2, -0.15) is 0 Å². The van der Waals surface area contributed by atoms with Gasteiger partial charge in [0, 0.05) is 33.0 Å². The van der Waals surface area contributed by atoms with Gasteiger partial charge in [-0.25, -0.2) is 4.85 Å². The summed E-state index contributed by atoms with van der Waals surface area (Å²) in [5.41, 5.74) is 9.64. The molecule has 43 heavy (non-hydrogen) atoms. The first-order chi connectivity index (χ1) is 21.2. The largest absolute Gasteiger partial charge is 0.457 e. The lowest BCUT2D eigenvalue weighted by atomic mass is 9.97. The molecule has 1 aliphatic heterocycles. The molecule has 6 aromatic carbocycles. The van der Waals surface area contributed by atoms with Crippen molar-refractivity contribution in [1.82, 2.24) is 4.57 Å². The van der Waals surface area contributed by atoms with Crippen LogP contribution >= 0.6 is 0 Å². The van der Waals surface area contributed by atoms with Crippen LogP contribution in [0.5, 0.6) is 11.5 Å². The van der Waals surface area contributed by atoms with E-state index in [1.165, 1.54) is 0 Å². The normalized spacial score (nSPS) is 12.4. The topological polar surface area (TPSA) is 40.9 Å². The van der Waals surface area contributed by atoms with Crippen LogP contribution in [0.15, 0.2) is 126 Å². The van der Waals surface area contributed by atoms with Crippen molar-refractivity contribution in [2.45, 2.75) is 0 Å². The zero-order valence-corrected chi connectivity index (χ0v) is 22.9. The van der Waals surface area contributed by atoms with Crippen molar-refractivity contribution in [3.8, 4) is 39.4 Å². The summed E-state index contributed by atoms with van der Waals surface area (Å²) in [6.45, 7) is 7.64. The second-order valence-electron chi connectivity index (χ2n) is 10.8. The summed E-state index contributed by atoms with van der Waals surface area (Å²) in [6.07, 6.45) is 0. The van der Waals surface area contributed by atoms with Gasteiger partial charge in [0.15, 0.2) is 5.69 Å². The summed E-state index contributed by atoms with van der Waals surface area (Å²) < 4.78 is 20.5. The Morgan fingerprint density at radius 2 is 1.33 bits per heavy atom. The number of hydrogen-bond acceptors (Lipinski definition) is 3. The maximum atomic E-state index is 7.51. The first kappa shape index (κ1) is 23.7. The average molecular weight is 555 g/mol. The molecule has 0 radical (unpaired) electrons. The Kier molecular flexibility index (Phi) is 4.96. The van der Waals surface area contributed by atoms with Crippen LogP contribution in [0, 0.1) is 6.57 Å². The summed E-state index contributed by atoms with van der Waals surface area (Å²) in [5, 5.41) is 4.38. The van der Waals surface area contributed by atoms with Crippen molar-refractivity contribution in [3.05, 3.63) is 133 Å². The van der Waals surface area contributed by atoms with Crippen LogP contribution in [-0.2, 0) is 0 Å². The number of rotatable bonds is 2. The lowest BCUT2D eigenvalue weighted by molar-refractivity contribution is 0.125. The molecule has 2 aromatic heterocycles. The van der Waals surface area contributed by atoms with Crippen LogP contribution in [0.25, 0.3) is 76.5 Å². The molecule has 0 atom stereocenters. The predicted molar refractivity (Wildman–Crippen MR) is 171 cm³/mol. The summed E-state index contributed by atoms with van der Waals surface area (Å²) in [5.74, 6) is 1.55. The van der Waals surface area contributed by atoms with E-state index in [4.69, 9.17) is 20.5 Å². The molecule has 0 bridgehead atoms. The van der Waals surface area contributed by atoms with E-state index in [2.05, 4.69) is 76.1 Å². The minimum atomic E-state index is 0.128. The molecule has 0 aliphatic carbocycles. The standard InChI is InChI=1S/C38H22N2O3/c1-39-25-12-15-34-30(20-25)27-6-2-4-8-33(27)40(34)26-13-17-35-32(21-26)29-14-10-24(19-38(29)42-22-41-35)23-11-16-37-31(18-23)28-7-3-5-9-36(28)43-37/h2-21H,22H2. The van der Waals surface area contributed by atoms with Crippen molar-refractivity contribution < 1.29 is 13.9 Å². The molecule has 3 heterocycles. The number of hydrogen-bond donors (Lipinski definition) is 0. The SMILES string of the molecule is [C-]#[N+]c1ccc2c(c1)c1ccccc1n2-c1ccc2c(c1)-c1ccc(-c3ccc4oc5ccccc5c4c3)cc1OCO2. The van der Waals surface area contributed by atoms with E-state index in [1.807, 2.05) is 54.6 Å². The molecule has 5 nitrogen and oxygen atoms in total. The molecule has 0 fully saturated rings. The van der Waals surface area contributed by atoms with Crippen LogP contribution in [0.4, 0.5) is 5.69 Å². The fourth-order valence-corrected chi connectivity index (χ4v) is 6.41. The van der Waals surface area contributed by atoms with E-state index >= 15 is 0 Å². The molecule has 202 valence electrons. The van der Waals surface area contributed by atoms with Gasteiger partial charge in [-0.3, -0.25) is 0 Å². The molecule has 0 saturated heterocycles. The molecule has 8 aromatic rings. The number of ether oxygens (including phenoxy) is 2. The summed E-state index contributed by atoms with van der Waals surface area (Å²) in [4.78, 5) is 3.66. The Hall–Kier alpha value is -5.99. The Labute approximate surface area is 246 Å². The second-order valence-corrected chi connectivity index (χ2v) is 10.8. The third-order valence-corrected chi connectivity index (χ3v) is 8.42. The van der Waals surface area contributed by atoms with Gasteiger partial charge in [0.25, 0.3) is 0 Å². The number of para-hydroxylation sites is 2. The van der Waals surface area contributed by atoms with Gasteiger partial charge in [-0.15, -0.1) is 0 Å². The van der Waals surface area contributed by atoms with Crippen LogP contribution in [0.2, 0.25) is 0 Å². The Morgan fingerprint density at radius 1 is 0.558 bits per heavy atom. The minimum Gasteiger partial charge on any atom is -0.457 e. The smallest absolute Gasteiger partial charge is 0.230 e. The molecule has 0 amide bonds. The third-order valence-electron chi connectivity index (χ3n) is 8.42. The van der Waals surface area contributed by atoms with Gasteiger partial charge < -0.3 is 18.5 Å². The minimum absolute atomic E-state index is 0.128. The molecule has 0 spiro atoms. The number of aromatic nitrogens is 1. The van der Waals surface area contributed by atoms with E-state index in [0.717, 1.165) is 83.2 Å². The molecule has 9 rings (SSSR count). The zero-order valence-electron chi connectivity index (χ0n) is 22.9. The third kappa shape index (κ3) is 3.57. The van der Waals surface area contributed by atoms with Crippen molar-refractivity contribution in [2.75, 3.05) is 6.79 Å². The number of benzene rings is 6. The predicted octanol–water partition coefficient (Wildman–Crippen LogP) is 10.3. The summed E-state index contributed by atoms with van der Waals surface area (Å²) in [6, 6.07) is 41.3. The van der Waals surface area contributed by atoms with Gasteiger partial charge in [0.05, 0.1) is 17.6 Å². The van der Waals surface area contributed by atoms with Crippen LogP contribution in [0.1, 0.15) is 0 Å². The maximum Gasteiger partial charge on any atom is 0.230 e. The highest BCUT2D eigenvalue weighted by molar-refractivity contribution is 6.10. The zero-order chi connectivity index (χ0) is 28.5. The number of furan rings is 1. The van der Waals surface area contributed by atoms with Gasteiger partial charge in [-0.1, -0.05) is 54.6 Å². The molecule has 0 saturated carbocycles. The number of fused-ring (bicyclic) bond motifs is 9. The van der Waals surface area contributed by atoms with Crippen LogP contribution in [0.3, 0.4) is 0 Å². The van der Waals surface area contributed by atoms with E-state index in [-0.39, 0.29) is 6.79 Å². The van der Waals surface area contributed by atoms with Crippen LogP contribution < -0.4 is 9.47 Å². The molecule has 0 unspecified atom stereocenters. The Balaban J connectivity index is 1.19. The fraction of sp³-hybridized carbons (Fsp3) is 0.0263. The lowest BCUT2D eigenvalue weighted by Crippen LogP contribution is -2.03. The van der Waals surface area contributed by atoms with Gasteiger partial charge in [0.1, 0.15) is 22.7 Å². The Bertz CT molecular complexity index is 2460. The molecular formula is C38H22N2O3. The number of nitrogens with zero attached hydrogens (tertiary/aromatic N) is 2. The van der Waals surface area contributed by atoms with Crippen LogP contribution in [-0.4, -0.2) is 11.4 Å². The first-order valence-corrected chi connectivity index (χ1v) is 14.1. The first-order valence-electron chi connectivity index (χ1n) is 14.1. The molecular weight excluding hydrogens is 532 g/mol. The Morgan fingerprint density at radius 3 is 2.26 bits per heavy atom. The van der Waals surface area contributed by atoms with E-state index in [9.17, 15) is 0 Å². The molecule has 0 N–H and O–H groups in total. The molecule has 5 heteroatoms. The average Bonchev–Trinajstić information content (AvgIpc) is 3.53. The lowest BCUT2D eigenvalue weighted by Gasteiger charge is -2.13. The molecule has 1 aliphatic rings.